The summed E-state index contributed by atoms with van der Waals surface area (Å²) < 4.78 is 5.36. The van der Waals surface area contributed by atoms with Crippen LogP contribution in [0, 0.1) is 5.92 Å². The number of hydrogen-bond acceptors (Lipinski definition) is 3. The van der Waals surface area contributed by atoms with Crippen LogP contribution in [-0.4, -0.2) is 38.4 Å². The summed E-state index contributed by atoms with van der Waals surface area (Å²) in [5.41, 5.74) is 0. The van der Waals surface area contributed by atoms with Crippen molar-refractivity contribution in [3.8, 4) is 0 Å². The van der Waals surface area contributed by atoms with Crippen LogP contribution in [0.1, 0.15) is 26.2 Å². The first-order valence-corrected chi connectivity index (χ1v) is 5.91. The molecule has 2 aliphatic heterocycles. The highest BCUT2D eigenvalue weighted by atomic mass is 16.5. The lowest BCUT2D eigenvalue weighted by Gasteiger charge is -2.35. The number of piperidine rings is 1. The normalized spacial score (nSPS) is 35.8. The molecule has 2 aliphatic rings. The van der Waals surface area contributed by atoms with Gasteiger partial charge in [0.1, 0.15) is 0 Å². The molecule has 14 heavy (non-hydrogen) atoms. The molecule has 0 amide bonds. The van der Waals surface area contributed by atoms with Gasteiger partial charge < -0.3 is 15.4 Å². The topological polar surface area (TPSA) is 33.3 Å². The highest BCUT2D eigenvalue weighted by Crippen LogP contribution is 2.14. The zero-order chi connectivity index (χ0) is 9.80. The van der Waals surface area contributed by atoms with Crippen LogP contribution in [0.25, 0.3) is 0 Å². The van der Waals surface area contributed by atoms with E-state index < -0.39 is 0 Å². The lowest BCUT2D eigenvalue weighted by atomic mass is 9.93. The summed E-state index contributed by atoms with van der Waals surface area (Å²) in [4.78, 5) is 0. The Morgan fingerprint density at radius 2 is 2.00 bits per heavy atom. The molecule has 82 valence electrons. The Kier molecular flexibility index (Phi) is 3.79. The SMILES string of the molecule is CC1CNCCC1NC1CCOCC1. The molecule has 2 fully saturated rings. The zero-order valence-electron chi connectivity index (χ0n) is 9.09. The van der Waals surface area contributed by atoms with Gasteiger partial charge in [-0.2, -0.15) is 0 Å². The van der Waals surface area contributed by atoms with Crippen LogP contribution >= 0.6 is 0 Å². The van der Waals surface area contributed by atoms with E-state index in [2.05, 4.69) is 17.6 Å². The molecule has 0 aromatic carbocycles. The zero-order valence-corrected chi connectivity index (χ0v) is 9.09. The smallest absolute Gasteiger partial charge is 0.0480 e. The van der Waals surface area contributed by atoms with E-state index in [-0.39, 0.29) is 0 Å². The maximum absolute atomic E-state index is 5.36. The minimum Gasteiger partial charge on any atom is -0.381 e. The number of hydrogen-bond donors (Lipinski definition) is 2. The van der Waals surface area contributed by atoms with E-state index in [1.165, 1.54) is 32.4 Å². The van der Waals surface area contributed by atoms with Crippen LogP contribution in [0.2, 0.25) is 0 Å². The van der Waals surface area contributed by atoms with Crippen LogP contribution in [0.5, 0.6) is 0 Å². The van der Waals surface area contributed by atoms with Crippen molar-refractivity contribution in [2.75, 3.05) is 26.3 Å². The van der Waals surface area contributed by atoms with E-state index in [0.29, 0.717) is 6.04 Å². The standard InChI is InChI=1S/C11H22N2O/c1-9-8-12-5-2-11(9)13-10-3-6-14-7-4-10/h9-13H,2-8H2,1H3. The van der Waals surface area contributed by atoms with Gasteiger partial charge in [0.05, 0.1) is 0 Å². The first-order valence-electron chi connectivity index (χ1n) is 5.91. The van der Waals surface area contributed by atoms with Crippen molar-refractivity contribution in [3.63, 3.8) is 0 Å². The van der Waals surface area contributed by atoms with Crippen molar-refractivity contribution in [1.82, 2.24) is 10.6 Å². The van der Waals surface area contributed by atoms with Crippen LogP contribution in [0.3, 0.4) is 0 Å². The molecule has 0 aromatic heterocycles. The van der Waals surface area contributed by atoms with Gasteiger partial charge in [-0.25, -0.2) is 0 Å². The quantitative estimate of drug-likeness (QED) is 0.687. The predicted octanol–water partition coefficient (Wildman–Crippen LogP) is 0.753. The molecule has 2 atom stereocenters. The van der Waals surface area contributed by atoms with Crippen molar-refractivity contribution in [2.45, 2.75) is 38.3 Å². The average Bonchev–Trinajstić information content (AvgIpc) is 2.23. The minimum absolute atomic E-state index is 0.703. The first-order chi connectivity index (χ1) is 6.86. The number of nitrogens with one attached hydrogen (secondary N) is 2. The van der Waals surface area contributed by atoms with E-state index in [4.69, 9.17) is 4.74 Å². The Hall–Kier alpha value is -0.120. The van der Waals surface area contributed by atoms with Crippen LogP contribution in [0.15, 0.2) is 0 Å². The van der Waals surface area contributed by atoms with Gasteiger partial charge in [-0.3, -0.25) is 0 Å². The van der Waals surface area contributed by atoms with E-state index in [1.54, 1.807) is 0 Å². The molecule has 0 aliphatic carbocycles. The third kappa shape index (κ3) is 2.69. The molecule has 0 saturated carbocycles. The lowest BCUT2D eigenvalue weighted by Crippen LogP contribution is -2.50. The molecule has 0 spiro atoms. The second-order valence-electron chi connectivity index (χ2n) is 4.63. The molecular formula is C11H22N2O. The second-order valence-corrected chi connectivity index (χ2v) is 4.63. The van der Waals surface area contributed by atoms with E-state index in [9.17, 15) is 0 Å². The number of ether oxygens (including phenoxy) is 1. The van der Waals surface area contributed by atoms with Gasteiger partial charge in [-0.15, -0.1) is 0 Å². The summed E-state index contributed by atoms with van der Waals surface area (Å²) in [5.74, 6) is 0.770. The molecular weight excluding hydrogens is 176 g/mol. The summed E-state index contributed by atoms with van der Waals surface area (Å²) >= 11 is 0. The van der Waals surface area contributed by atoms with E-state index in [1.807, 2.05) is 0 Å². The fraction of sp³-hybridized carbons (Fsp3) is 1.00. The molecule has 2 saturated heterocycles. The third-order valence-electron chi connectivity index (χ3n) is 3.46. The largest absolute Gasteiger partial charge is 0.381 e. The van der Waals surface area contributed by atoms with Gasteiger partial charge in [0.2, 0.25) is 0 Å². The molecule has 0 bridgehead atoms. The molecule has 2 heterocycles. The molecule has 2 N–H and O–H groups in total. The molecule has 2 unspecified atom stereocenters. The van der Waals surface area contributed by atoms with Crippen LogP contribution < -0.4 is 10.6 Å². The van der Waals surface area contributed by atoms with Crippen molar-refractivity contribution in [2.24, 2.45) is 5.92 Å². The van der Waals surface area contributed by atoms with E-state index >= 15 is 0 Å². The lowest BCUT2D eigenvalue weighted by molar-refractivity contribution is 0.0708. The Bertz CT molecular complexity index is 169. The van der Waals surface area contributed by atoms with Crippen LogP contribution in [-0.2, 0) is 4.74 Å². The highest BCUT2D eigenvalue weighted by molar-refractivity contribution is 4.84. The fourth-order valence-corrected chi connectivity index (χ4v) is 2.43. The fourth-order valence-electron chi connectivity index (χ4n) is 2.43. The molecule has 0 radical (unpaired) electrons. The maximum Gasteiger partial charge on any atom is 0.0480 e. The summed E-state index contributed by atoms with van der Waals surface area (Å²) in [6.45, 7) is 6.56. The van der Waals surface area contributed by atoms with Crippen molar-refractivity contribution in [1.29, 1.82) is 0 Å². The van der Waals surface area contributed by atoms with Crippen molar-refractivity contribution >= 4 is 0 Å². The Balaban J connectivity index is 1.76. The third-order valence-corrected chi connectivity index (χ3v) is 3.46. The Morgan fingerprint density at radius 1 is 1.21 bits per heavy atom. The average molecular weight is 198 g/mol. The van der Waals surface area contributed by atoms with Gasteiger partial charge in [-0.1, -0.05) is 6.92 Å². The van der Waals surface area contributed by atoms with Gasteiger partial charge in [0.25, 0.3) is 0 Å². The van der Waals surface area contributed by atoms with Gasteiger partial charge in [0.15, 0.2) is 0 Å². The first kappa shape index (κ1) is 10.4. The van der Waals surface area contributed by atoms with E-state index in [0.717, 1.165) is 25.2 Å². The molecule has 3 nitrogen and oxygen atoms in total. The van der Waals surface area contributed by atoms with Gasteiger partial charge >= 0.3 is 0 Å². The monoisotopic (exact) mass is 198 g/mol. The summed E-state index contributed by atoms with van der Waals surface area (Å²) in [6, 6.07) is 1.42. The van der Waals surface area contributed by atoms with Crippen LogP contribution in [0.4, 0.5) is 0 Å². The molecule has 0 aromatic rings. The summed E-state index contributed by atoms with van der Waals surface area (Å²) in [5, 5.41) is 7.22. The minimum atomic E-state index is 0.703. The van der Waals surface area contributed by atoms with Gasteiger partial charge in [0, 0.05) is 25.3 Å². The Morgan fingerprint density at radius 3 is 2.71 bits per heavy atom. The Labute approximate surface area is 86.6 Å². The molecule has 2 rings (SSSR count). The molecule has 3 heteroatoms. The second kappa shape index (κ2) is 5.10. The van der Waals surface area contributed by atoms with Crippen molar-refractivity contribution < 1.29 is 4.74 Å². The maximum atomic E-state index is 5.36. The highest BCUT2D eigenvalue weighted by Gasteiger charge is 2.24. The predicted molar refractivity (Wildman–Crippen MR) is 57.4 cm³/mol. The summed E-state index contributed by atoms with van der Waals surface area (Å²) in [6.07, 6.45) is 3.66. The van der Waals surface area contributed by atoms with Gasteiger partial charge in [-0.05, 0) is 38.3 Å². The summed E-state index contributed by atoms with van der Waals surface area (Å²) in [7, 11) is 0. The van der Waals surface area contributed by atoms with Crippen molar-refractivity contribution in [3.05, 3.63) is 0 Å². The number of rotatable bonds is 2.